The van der Waals surface area contributed by atoms with Crippen molar-refractivity contribution in [3.8, 4) is 28.3 Å². The van der Waals surface area contributed by atoms with E-state index in [1.54, 1.807) is 50.6 Å². The number of fused-ring (bicyclic) bond motifs is 1. The van der Waals surface area contributed by atoms with E-state index in [2.05, 4.69) is 10.3 Å². The summed E-state index contributed by atoms with van der Waals surface area (Å²) in [4.78, 5) is 27.2. The summed E-state index contributed by atoms with van der Waals surface area (Å²) >= 11 is 0. The maximum atomic E-state index is 13.4. The molecule has 1 N–H and O–H groups in total. The number of pyridine rings is 1. The van der Waals surface area contributed by atoms with Gasteiger partial charge in [0, 0.05) is 50.4 Å². The maximum absolute atomic E-state index is 13.4. The molecule has 0 spiro atoms. The van der Waals surface area contributed by atoms with E-state index in [0.717, 1.165) is 22.1 Å². The number of nitrogens with zero attached hydrogens (tertiary/aromatic N) is 4. The Morgan fingerprint density at radius 3 is 2.52 bits per heavy atom. The largest absolute Gasteiger partial charge is 0.494 e. The molecular weight excluding hydrogens is 421 g/mol. The predicted molar refractivity (Wildman–Crippen MR) is 127 cm³/mol. The van der Waals surface area contributed by atoms with Gasteiger partial charge in [-0.3, -0.25) is 9.78 Å². The molecule has 0 saturated carbocycles. The number of aromatic nitrogens is 3. The first kappa shape index (κ1) is 22.1. The van der Waals surface area contributed by atoms with Crippen molar-refractivity contribution >= 4 is 22.6 Å². The second kappa shape index (κ2) is 9.60. The normalized spacial score (nSPS) is 10.8. The Balaban J connectivity index is 1.84. The first-order valence-electron chi connectivity index (χ1n) is 10.5. The Hall–Kier alpha value is -4.07. The fourth-order valence-electron chi connectivity index (χ4n) is 3.44. The first-order valence-corrected chi connectivity index (χ1v) is 10.5. The van der Waals surface area contributed by atoms with Gasteiger partial charge in [-0.05, 0) is 47.5 Å². The fraction of sp³-hybridized carbons (Fsp3) is 0.200. The monoisotopic (exact) mass is 445 g/mol. The highest BCUT2D eigenvalue weighted by atomic mass is 19.1. The van der Waals surface area contributed by atoms with Crippen LogP contribution in [-0.2, 0) is 4.79 Å². The number of ether oxygens (including phenoxy) is 1. The summed E-state index contributed by atoms with van der Waals surface area (Å²) in [6.07, 6.45) is 3.70. The highest BCUT2D eigenvalue weighted by Gasteiger charge is 2.16. The molecule has 168 valence electrons. The van der Waals surface area contributed by atoms with E-state index in [1.807, 2.05) is 24.3 Å². The zero-order valence-electron chi connectivity index (χ0n) is 18.7. The predicted octanol–water partition coefficient (Wildman–Crippen LogP) is 4.40. The first-order chi connectivity index (χ1) is 16.0. The van der Waals surface area contributed by atoms with Crippen LogP contribution in [0.1, 0.15) is 6.42 Å². The number of anilines is 1. The van der Waals surface area contributed by atoms with Crippen LogP contribution in [-0.4, -0.2) is 53.5 Å². The third-order valence-corrected chi connectivity index (χ3v) is 5.21. The highest BCUT2D eigenvalue weighted by Crippen LogP contribution is 2.36. The molecule has 0 atom stereocenters. The minimum atomic E-state index is -0.302. The number of amides is 1. The number of benzene rings is 2. The van der Waals surface area contributed by atoms with Gasteiger partial charge in [-0.1, -0.05) is 12.1 Å². The molecule has 4 rings (SSSR count). The van der Waals surface area contributed by atoms with Crippen molar-refractivity contribution in [2.75, 3.05) is 33.1 Å². The quantitative estimate of drug-likeness (QED) is 0.454. The van der Waals surface area contributed by atoms with Crippen LogP contribution in [0.4, 0.5) is 10.2 Å². The van der Waals surface area contributed by atoms with Crippen LogP contribution in [0.15, 0.2) is 60.9 Å². The number of hydrogen-bond acceptors (Lipinski definition) is 6. The number of carbonyl (C=O) groups is 1. The molecule has 2 aromatic carbocycles. The van der Waals surface area contributed by atoms with Crippen LogP contribution in [0.25, 0.3) is 33.4 Å². The lowest BCUT2D eigenvalue weighted by Gasteiger charge is -2.15. The van der Waals surface area contributed by atoms with Gasteiger partial charge in [0.15, 0.2) is 5.82 Å². The molecular formula is C25H24FN5O2. The summed E-state index contributed by atoms with van der Waals surface area (Å²) < 4.78 is 19.1. The smallest absolute Gasteiger partial charge is 0.223 e. The van der Waals surface area contributed by atoms with Crippen LogP contribution in [0.5, 0.6) is 5.75 Å². The standard InChI is InChI=1S/C25H24FN5O2/c1-31(2)22(32)10-12-28-25-20-13-18(16-6-8-19(26)9-7-16)14-21(33-3)23(20)29-24(30-25)17-5-4-11-27-15-17/h4-9,11,13-15H,10,12H2,1-3H3,(H,28,29,30). The van der Waals surface area contributed by atoms with E-state index in [-0.39, 0.29) is 11.7 Å². The Morgan fingerprint density at radius 2 is 1.85 bits per heavy atom. The van der Waals surface area contributed by atoms with E-state index < -0.39 is 0 Å². The highest BCUT2D eigenvalue weighted by molar-refractivity contribution is 5.98. The Kier molecular flexibility index (Phi) is 6.44. The Morgan fingerprint density at radius 1 is 1.06 bits per heavy atom. The summed E-state index contributed by atoms with van der Waals surface area (Å²) in [6, 6.07) is 13.8. The van der Waals surface area contributed by atoms with E-state index in [0.29, 0.717) is 35.9 Å². The zero-order chi connectivity index (χ0) is 23.4. The third kappa shape index (κ3) is 4.90. The summed E-state index contributed by atoms with van der Waals surface area (Å²) in [6.45, 7) is 0.401. The minimum absolute atomic E-state index is 0.0120. The summed E-state index contributed by atoms with van der Waals surface area (Å²) in [7, 11) is 5.03. The van der Waals surface area contributed by atoms with Gasteiger partial charge in [-0.15, -0.1) is 0 Å². The van der Waals surface area contributed by atoms with E-state index in [1.165, 1.54) is 12.1 Å². The number of hydrogen-bond donors (Lipinski definition) is 1. The molecule has 0 radical (unpaired) electrons. The number of rotatable bonds is 7. The van der Waals surface area contributed by atoms with Crippen LogP contribution >= 0.6 is 0 Å². The molecule has 8 heteroatoms. The van der Waals surface area contributed by atoms with E-state index >= 15 is 0 Å². The molecule has 0 aliphatic heterocycles. The summed E-state index contributed by atoms with van der Waals surface area (Å²) in [5.74, 6) is 1.34. The molecule has 0 bridgehead atoms. The number of halogens is 1. The van der Waals surface area contributed by atoms with Crippen molar-refractivity contribution in [2.24, 2.45) is 0 Å². The van der Waals surface area contributed by atoms with Gasteiger partial charge in [-0.2, -0.15) is 0 Å². The molecule has 0 aliphatic rings. The van der Waals surface area contributed by atoms with Gasteiger partial charge < -0.3 is 15.0 Å². The molecule has 33 heavy (non-hydrogen) atoms. The van der Waals surface area contributed by atoms with Gasteiger partial charge in [0.1, 0.15) is 22.9 Å². The van der Waals surface area contributed by atoms with Gasteiger partial charge in [0.2, 0.25) is 5.91 Å². The average molecular weight is 445 g/mol. The molecule has 0 saturated heterocycles. The van der Waals surface area contributed by atoms with Crippen molar-refractivity contribution in [2.45, 2.75) is 6.42 Å². The summed E-state index contributed by atoms with van der Waals surface area (Å²) in [5.41, 5.74) is 3.06. The molecule has 0 fully saturated rings. The van der Waals surface area contributed by atoms with Crippen molar-refractivity contribution < 1.29 is 13.9 Å². The van der Waals surface area contributed by atoms with Crippen molar-refractivity contribution in [3.63, 3.8) is 0 Å². The lowest BCUT2D eigenvalue weighted by atomic mass is 10.0. The summed E-state index contributed by atoms with van der Waals surface area (Å²) in [5, 5.41) is 4.02. The molecule has 7 nitrogen and oxygen atoms in total. The number of carbonyl (C=O) groups excluding carboxylic acids is 1. The average Bonchev–Trinajstić information content (AvgIpc) is 2.84. The van der Waals surface area contributed by atoms with Crippen molar-refractivity contribution in [1.82, 2.24) is 19.9 Å². The van der Waals surface area contributed by atoms with E-state index in [4.69, 9.17) is 14.7 Å². The number of nitrogens with one attached hydrogen (secondary N) is 1. The Bertz CT molecular complexity index is 1280. The second-order valence-corrected chi connectivity index (χ2v) is 7.68. The second-order valence-electron chi connectivity index (χ2n) is 7.68. The van der Waals surface area contributed by atoms with Gasteiger partial charge in [0.25, 0.3) is 0 Å². The van der Waals surface area contributed by atoms with Gasteiger partial charge in [0.05, 0.1) is 7.11 Å². The molecule has 2 heterocycles. The molecule has 0 aliphatic carbocycles. The zero-order valence-corrected chi connectivity index (χ0v) is 18.7. The lowest BCUT2D eigenvalue weighted by molar-refractivity contribution is -0.128. The SMILES string of the molecule is COc1cc(-c2ccc(F)cc2)cc2c(NCCC(=O)N(C)C)nc(-c3cccnc3)nc12. The molecule has 0 unspecified atom stereocenters. The molecule has 1 amide bonds. The van der Waals surface area contributed by atoms with Crippen molar-refractivity contribution in [3.05, 3.63) is 66.7 Å². The molecule has 2 aromatic heterocycles. The molecule has 4 aromatic rings. The topological polar surface area (TPSA) is 80.2 Å². The Labute approximate surface area is 191 Å². The third-order valence-electron chi connectivity index (χ3n) is 5.21. The van der Waals surface area contributed by atoms with Crippen LogP contribution in [0.2, 0.25) is 0 Å². The van der Waals surface area contributed by atoms with Gasteiger partial charge in [-0.25, -0.2) is 14.4 Å². The minimum Gasteiger partial charge on any atom is -0.494 e. The fourth-order valence-corrected chi connectivity index (χ4v) is 3.44. The maximum Gasteiger partial charge on any atom is 0.223 e. The van der Waals surface area contributed by atoms with E-state index in [9.17, 15) is 9.18 Å². The van der Waals surface area contributed by atoms with Crippen molar-refractivity contribution in [1.29, 1.82) is 0 Å². The van der Waals surface area contributed by atoms with Crippen LogP contribution in [0, 0.1) is 5.82 Å². The van der Waals surface area contributed by atoms with Gasteiger partial charge >= 0.3 is 0 Å². The number of methoxy groups -OCH3 is 1. The van der Waals surface area contributed by atoms with Crippen LogP contribution in [0.3, 0.4) is 0 Å². The van der Waals surface area contributed by atoms with Crippen LogP contribution < -0.4 is 10.1 Å². The lowest BCUT2D eigenvalue weighted by Crippen LogP contribution is -2.24.